The van der Waals surface area contributed by atoms with Crippen LogP contribution in [0.15, 0.2) is 78.9 Å². The third-order valence-electron chi connectivity index (χ3n) is 3.86. The highest BCUT2D eigenvalue weighted by Gasteiger charge is 2.02. The van der Waals surface area contributed by atoms with Gasteiger partial charge in [0.05, 0.1) is 0 Å². The van der Waals surface area contributed by atoms with Gasteiger partial charge < -0.3 is 10.6 Å². The minimum atomic E-state index is -0.207. The molecule has 0 spiro atoms. The molecule has 0 radical (unpaired) electrons. The number of nitrogens with one attached hydrogen (secondary N) is 2. The zero-order chi connectivity index (χ0) is 17.5. The third-order valence-corrected chi connectivity index (χ3v) is 4.11. The van der Waals surface area contributed by atoms with E-state index in [1.54, 1.807) is 0 Å². The first-order valence-electron chi connectivity index (χ1n) is 8.15. The van der Waals surface area contributed by atoms with E-state index in [1.165, 1.54) is 0 Å². The minimum absolute atomic E-state index is 0.207. The van der Waals surface area contributed by atoms with E-state index in [-0.39, 0.29) is 6.03 Å². The van der Waals surface area contributed by atoms with Crippen molar-refractivity contribution in [3.63, 3.8) is 0 Å². The molecule has 0 heterocycles. The second-order valence-corrected chi connectivity index (χ2v) is 6.14. The highest BCUT2D eigenvalue weighted by atomic mass is 35.5. The Bertz CT molecular complexity index is 815. The van der Waals surface area contributed by atoms with Gasteiger partial charge in [0.15, 0.2) is 0 Å². The summed E-state index contributed by atoms with van der Waals surface area (Å²) >= 11 is 5.86. The Kier molecular flexibility index (Phi) is 5.70. The molecule has 3 aromatic rings. The van der Waals surface area contributed by atoms with Gasteiger partial charge in [0, 0.05) is 17.3 Å². The number of rotatable bonds is 5. The van der Waals surface area contributed by atoms with Crippen LogP contribution < -0.4 is 10.6 Å². The quantitative estimate of drug-likeness (QED) is 0.638. The summed E-state index contributed by atoms with van der Waals surface area (Å²) in [5, 5.41) is 6.42. The molecule has 4 heteroatoms. The molecule has 0 aliphatic heterocycles. The zero-order valence-corrected chi connectivity index (χ0v) is 14.5. The second-order valence-electron chi connectivity index (χ2n) is 5.70. The number of halogens is 1. The first-order chi connectivity index (χ1) is 12.2. The molecule has 2 amide bonds. The van der Waals surface area contributed by atoms with Crippen LogP contribution in [0.1, 0.15) is 5.56 Å². The summed E-state index contributed by atoms with van der Waals surface area (Å²) in [6.45, 7) is 0.565. The molecule has 0 saturated carbocycles. The molecule has 0 aromatic heterocycles. The minimum Gasteiger partial charge on any atom is -0.338 e. The van der Waals surface area contributed by atoms with Gasteiger partial charge in [-0.1, -0.05) is 66.2 Å². The Hall–Kier alpha value is -2.78. The van der Waals surface area contributed by atoms with Crippen LogP contribution in [0.4, 0.5) is 10.5 Å². The summed E-state index contributed by atoms with van der Waals surface area (Å²) < 4.78 is 0. The number of hydrogen-bond acceptors (Lipinski definition) is 1. The Morgan fingerprint density at radius 2 is 1.44 bits per heavy atom. The first-order valence-corrected chi connectivity index (χ1v) is 8.53. The van der Waals surface area contributed by atoms with Crippen LogP contribution in [0, 0.1) is 0 Å². The fourth-order valence-corrected chi connectivity index (χ4v) is 2.65. The number of anilines is 1. The second kappa shape index (κ2) is 8.36. The number of urea groups is 1. The van der Waals surface area contributed by atoms with Gasteiger partial charge in [0.2, 0.25) is 0 Å². The van der Waals surface area contributed by atoms with Gasteiger partial charge in [-0.2, -0.15) is 0 Å². The van der Waals surface area contributed by atoms with E-state index in [2.05, 4.69) is 22.8 Å². The molecular formula is C21H19ClN2O. The van der Waals surface area contributed by atoms with Crippen molar-refractivity contribution in [2.45, 2.75) is 6.42 Å². The fourth-order valence-electron chi connectivity index (χ4n) is 2.52. The van der Waals surface area contributed by atoms with Crippen LogP contribution in [0.2, 0.25) is 5.02 Å². The highest BCUT2D eigenvalue weighted by molar-refractivity contribution is 6.30. The monoisotopic (exact) mass is 350 g/mol. The van der Waals surface area contributed by atoms with Crippen molar-refractivity contribution in [1.29, 1.82) is 0 Å². The van der Waals surface area contributed by atoms with Gasteiger partial charge >= 0.3 is 6.03 Å². The molecule has 3 aromatic carbocycles. The molecule has 0 saturated heterocycles. The van der Waals surface area contributed by atoms with Crippen molar-refractivity contribution >= 4 is 23.3 Å². The van der Waals surface area contributed by atoms with Gasteiger partial charge in [0.1, 0.15) is 0 Å². The molecular weight excluding hydrogens is 332 g/mol. The molecule has 3 rings (SSSR count). The van der Waals surface area contributed by atoms with Crippen LogP contribution in [0.5, 0.6) is 0 Å². The number of amides is 2. The van der Waals surface area contributed by atoms with E-state index >= 15 is 0 Å². The highest BCUT2D eigenvalue weighted by Crippen LogP contribution is 2.20. The van der Waals surface area contributed by atoms with E-state index in [0.717, 1.165) is 28.8 Å². The smallest absolute Gasteiger partial charge is 0.319 e. The lowest BCUT2D eigenvalue weighted by Crippen LogP contribution is -2.30. The molecule has 0 aliphatic carbocycles. The number of benzene rings is 3. The number of carbonyl (C=O) groups excluding carboxylic acids is 1. The third kappa shape index (κ3) is 5.10. The summed E-state index contributed by atoms with van der Waals surface area (Å²) in [7, 11) is 0. The molecule has 0 fully saturated rings. The van der Waals surface area contributed by atoms with Crippen LogP contribution >= 0.6 is 11.6 Å². The molecule has 3 nitrogen and oxygen atoms in total. The molecule has 0 bridgehead atoms. The predicted octanol–water partition coefficient (Wildman–Crippen LogP) is 5.37. The number of hydrogen-bond donors (Lipinski definition) is 2. The summed E-state index contributed by atoms with van der Waals surface area (Å²) in [4.78, 5) is 12.0. The fraction of sp³-hybridized carbons (Fsp3) is 0.0952. The van der Waals surface area contributed by atoms with Gasteiger partial charge in [-0.15, -0.1) is 0 Å². The van der Waals surface area contributed by atoms with Crippen molar-refractivity contribution < 1.29 is 4.79 Å². The van der Waals surface area contributed by atoms with E-state index in [4.69, 9.17) is 11.6 Å². The van der Waals surface area contributed by atoms with Crippen LogP contribution in [-0.4, -0.2) is 12.6 Å². The molecule has 0 aliphatic rings. The van der Waals surface area contributed by atoms with Gasteiger partial charge in [-0.05, 0) is 47.4 Å². The van der Waals surface area contributed by atoms with Crippen molar-refractivity contribution in [3.8, 4) is 11.1 Å². The molecule has 0 unspecified atom stereocenters. The normalized spacial score (nSPS) is 10.3. The maximum Gasteiger partial charge on any atom is 0.319 e. The summed E-state index contributed by atoms with van der Waals surface area (Å²) in [6.07, 6.45) is 0.761. The largest absolute Gasteiger partial charge is 0.338 e. The van der Waals surface area contributed by atoms with E-state index < -0.39 is 0 Å². The lowest BCUT2D eigenvalue weighted by atomic mass is 10.1. The van der Waals surface area contributed by atoms with Crippen LogP contribution in [0.3, 0.4) is 0 Å². The lowest BCUT2D eigenvalue weighted by molar-refractivity contribution is 0.252. The average molecular weight is 351 g/mol. The van der Waals surface area contributed by atoms with E-state index in [0.29, 0.717) is 11.6 Å². The standard InChI is InChI=1S/C21H19ClN2O/c22-19-10-6-16(7-11-19)14-15-23-21(25)24-20-12-8-18(9-13-20)17-4-2-1-3-5-17/h1-13H,14-15H2,(H2,23,24,25). The topological polar surface area (TPSA) is 41.1 Å². The van der Waals surface area contributed by atoms with Gasteiger partial charge in [0.25, 0.3) is 0 Å². The predicted molar refractivity (Wildman–Crippen MR) is 104 cm³/mol. The zero-order valence-electron chi connectivity index (χ0n) is 13.7. The Morgan fingerprint density at radius 1 is 0.800 bits per heavy atom. The molecule has 25 heavy (non-hydrogen) atoms. The summed E-state index contributed by atoms with van der Waals surface area (Å²) in [6, 6.07) is 25.4. The Morgan fingerprint density at radius 3 is 2.12 bits per heavy atom. The van der Waals surface area contributed by atoms with Crippen molar-refractivity contribution in [2.24, 2.45) is 0 Å². The Labute approximate surface area is 152 Å². The van der Waals surface area contributed by atoms with Crippen molar-refractivity contribution in [1.82, 2.24) is 5.32 Å². The summed E-state index contributed by atoms with van der Waals surface area (Å²) in [5.74, 6) is 0. The average Bonchev–Trinajstić information content (AvgIpc) is 2.65. The molecule has 126 valence electrons. The Balaban J connectivity index is 1.48. The van der Waals surface area contributed by atoms with Crippen LogP contribution in [-0.2, 0) is 6.42 Å². The first kappa shape index (κ1) is 17.1. The van der Waals surface area contributed by atoms with Crippen LogP contribution in [0.25, 0.3) is 11.1 Å². The molecule has 2 N–H and O–H groups in total. The SMILES string of the molecule is O=C(NCCc1ccc(Cl)cc1)Nc1ccc(-c2ccccc2)cc1. The van der Waals surface area contributed by atoms with Gasteiger partial charge in [-0.3, -0.25) is 0 Å². The van der Waals surface area contributed by atoms with Gasteiger partial charge in [-0.25, -0.2) is 4.79 Å². The maximum absolute atomic E-state index is 12.0. The van der Waals surface area contributed by atoms with E-state index in [1.807, 2.05) is 66.7 Å². The van der Waals surface area contributed by atoms with E-state index in [9.17, 15) is 4.79 Å². The lowest BCUT2D eigenvalue weighted by Gasteiger charge is -2.09. The van der Waals surface area contributed by atoms with Crippen molar-refractivity contribution in [3.05, 3.63) is 89.4 Å². The summed E-state index contributed by atoms with van der Waals surface area (Å²) in [5.41, 5.74) is 4.18. The molecule has 0 atom stereocenters. The number of carbonyl (C=O) groups is 1. The maximum atomic E-state index is 12.0. The van der Waals surface area contributed by atoms with Crippen molar-refractivity contribution in [2.75, 3.05) is 11.9 Å².